The van der Waals surface area contributed by atoms with Gasteiger partial charge < -0.3 is 9.64 Å². The minimum absolute atomic E-state index is 0.00901. The van der Waals surface area contributed by atoms with Crippen molar-refractivity contribution in [2.24, 2.45) is 0 Å². The lowest BCUT2D eigenvalue weighted by Gasteiger charge is -2.35. The van der Waals surface area contributed by atoms with Crippen LogP contribution in [0.3, 0.4) is 0 Å². The van der Waals surface area contributed by atoms with E-state index in [0.29, 0.717) is 30.9 Å². The van der Waals surface area contributed by atoms with E-state index in [0.717, 1.165) is 6.07 Å². The van der Waals surface area contributed by atoms with Crippen molar-refractivity contribution in [3.8, 4) is 0 Å². The largest absolute Gasteiger partial charge is 0.433 e. The number of ether oxygens (including phenoxy) is 1. The second-order valence-electron chi connectivity index (χ2n) is 3.96. The number of hydrogen-bond donors (Lipinski definition) is 0. The highest BCUT2D eigenvalue weighted by Gasteiger charge is 2.33. The molecule has 0 aromatic carbocycles. The van der Waals surface area contributed by atoms with Gasteiger partial charge in [-0.1, -0.05) is 22.0 Å². The highest BCUT2D eigenvalue weighted by Crippen LogP contribution is 2.29. The van der Waals surface area contributed by atoms with Gasteiger partial charge in [-0.25, -0.2) is 4.98 Å². The zero-order chi connectivity index (χ0) is 13.2. The molecule has 0 spiro atoms. The minimum Gasteiger partial charge on any atom is -0.377 e. The maximum absolute atomic E-state index is 12.6. The van der Waals surface area contributed by atoms with Crippen molar-refractivity contribution in [3.63, 3.8) is 0 Å². The van der Waals surface area contributed by atoms with Gasteiger partial charge in [-0.05, 0) is 12.1 Å². The van der Waals surface area contributed by atoms with Crippen molar-refractivity contribution >= 4 is 21.7 Å². The molecule has 0 amide bonds. The Morgan fingerprint density at radius 2 is 2.22 bits per heavy atom. The molecular weight excluding hydrogens is 313 g/mol. The summed E-state index contributed by atoms with van der Waals surface area (Å²) in [5.41, 5.74) is -0.861. The van der Waals surface area contributed by atoms with Crippen LogP contribution in [0.15, 0.2) is 18.2 Å². The summed E-state index contributed by atoms with van der Waals surface area (Å²) in [6.45, 7) is 1.54. The molecule has 0 radical (unpaired) electrons. The predicted molar refractivity (Wildman–Crippen MR) is 65.0 cm³/mol. The van der Waals surface area contributed by atoms with E-state index in [2.05, 4.69) is 20.9 Å². The molecule has 2 rings (SSSR count). The Morgan fingerprint density at radius 3 is 2.89 bits per heavy atom. The van der Waals surface area contributed by atoms with Gasteiger partial charge in [0.15, 0.2) is 0 Å². The smallest absolute Gasteiger partial charge is 0.377 e. The van der Waals surface area contributed by atoms with Crippen LogP contribution in [0.5, 0.6) is 0 Å². The summed E-state index contributed by atoms with van der Waals surface area (Å²) < 4.78 is 43.1. The van der Waals surface area contributed by atoms with Crippen molar-refractivity contribution in [1.82, 2.24) is 4.98 Å². The van der Waals surface area contributed by atoms with E-state index in [1.165, 1.54) is 6.07 Å². The SMILES string of the molecule is FC(F)(F)c1cccc(N2CCOCC2CBr)n1. The van der Waals surface area contributed by atoms with Crippen LogP contribution in [-0.2, 0) is 10.9 Å². The highest BCUT2D eigenvalue weighted by molar-refractivity contribution is 9.09. The van der Waals surface area contributed by atoms with Gasteiger partial charge in [0.2, 0.25) is 0 Å². The first-order valence-electron chi connectivity index (χ1n) is 5.47. The zero-order valence-corrected chi connectivity index (χ0v) is 11.0. The lowest BCUT2D eigenvalue weighted by atomic mass is 10.2. The summed E-state index contributed by atoms with van der Waals surface area (Å²) in [6, 6.07) is 3.96. The van der Waals surface area contributed by atoms with Crippen LogP contribution in [0.1, 0.15) is 5.69 Å². The molecular formula is C11H12BrF3N2O. The lowest BCUT2D eigenvalue weighted by Crippen LogP contribution is -2.47. The van der Waals surface area contributed by atoms with Crippen LogP contribution >= 0.6 is 15.9 Å². The average molecular weight is 325 g/mol. The molecule has 0 saturated carbocycles. The Bertz CT molecular complexity index is 414. The number of alkyl halides is 4. The molecule has 7 heteroatoms. The van der Waals surface area contributed by atoms with Crippen molar-refractivity contribution < 1.29 is 17.9 Å². The molecule has 1 aromatic heterocycles. The fraction of sp³-hybridized carbons (Fsp3) is 0.545. The Labute approximate surface area is 111 Å². The summed E-state index contributed by atoms with van der Waals surface area (Å²) in [5, 5.41) is 0.630. The van der Waals surface area contributed by atoms with Crippen LogP contribution in [0, 0.1) is 0 Å². The van der Waals surface area contributed by atoms with Crippen LogP contribution < -0.4 is 4.90 Å². The summed E-state index contributed by atoms with van der Waals surface area (Å²) in [5.74, 6) is 0.345. The van der Waals surface area contributed by atoms with Crippen molar-refractivity contribution in [1.29, 1.82) is 0 Å². The van der Waals surface area contributed by atoms with Gasteiger partial charge in [-0.15, -0.1) is 0 Å². The number of nitrogens with zero attached hydrogens (tertiary/aromatic N) is 2. The minimum atomic E-state index is -4.41. The molecule has 3 nitrogen and oxygen atoms in total. The fourth-order valence-corrected chi connectivity index (χ4v) is 2.36. The Kier molecular flexibility index (Phi) is 4.11. The first-order valence-corrected chi connectivity index (χ1v) is 6.59. The summed E-state index contributed by atoms with van der Waals surface area (Å²) in [6.07, 6.45) is -4.41. The Balaban J connectivity index is 2.27. The van der Waals surface area contributed by atoms with Gasteiger partial charge in [0, 0.05) is 11.9 Å². The molecule has 1 aliphatic heterocycles. The van der Waals surface area contributed by atoms with Gasteiger partial charge in [0.05, 0.1) is 19.3 Å². The number of pyridine rings is 1. The van der Waals surface area contributed by atoms with Gasteiger partial charge in [-0.2, -0.15) is 13.2 Å². The quantitative estimate of drug-likeness (QED) is 0.782. The second kappa shape index (κ2) is 5.44. The van der Waals surface area contributed by atoms with Crippen LogP contribution in [0.2, 0.25) is 0 Å². The Morgan fingerprint density at radius 1 is 1.44 bits per heavy atom. The third-order valence-electron chi connectivity index (χ3n) is 2.72. The first-order chi connectivity index (χ1) is 8.52. The lowest BCUT2D eigenvalue weighted by molar-refractivity contribution is -0.141. The standard InChI is InChI=1S/C11H12BrF3N2O/c12-6-8-7-18-5-4-17(8)10-3-1-2-9(16-10)11(13,14)15/h1-3,8H,4-7H2. The zero-order valence-electron chi connectivity index (χ0n) is 9.45. The number of rotatable bonds is 2. The van der Waals surface area contributed by atoms with Crippen LogP contribution in [0.25, 0.3) is 0 Å². The molecule has 1 aliphatic rings. The van der Waals surface area contributed by atoms with Gasteiger partial charge in [-0.3, -0.25) is 0 Å². The van der Waals surface area contributed by atoms with E-state index in [-0.39, 0.29) is 6.04 Å². The average Bonchev–Trinajstić information content (AvgIpc) is 2.38. The van der Waals surface area contributed by atoms with E-state index in [1.807, 2.05) is 4.90 Å². The van der Waals surface area contributed by atoms with E-state index >= 15 is 0 Å². The molecule has 0 aliphatic carbocycles. The van der Waals surface area contributed by atoms with E-state index in [1.54, 1.807) is 6.07 Å². The van der Waals surface area contributed by atoms with E-state index < -0.39 is 11.9 Å². The third-order valence-corrected chi connectivity index (χ3v) is 3.47. The molecule has 0 bridgehead atoms. The van der Waals surface area contributed by atoms with Gasteiger partial charge in [0.1, 0.15) is 11.5 Å². The number of morpholine rings is 1. The number of aromatic nitrogens is 1. The highest BCUT2D eigenvalue weighted by atomic mass is 79.9. The fourth-order valence-electron chi connectivity index (χ4n) is 1.83. The van der Waals surface area contributed by atoms with Crippen molar-refractivity contribution in [2.45, 2.75) is 12.2 Å². The normalized spacial score (nSPS) is 21.1. The number of hydrogen-bond acceptors (Lipinski definition) is 3. The summed E-state index contributed by atoms with van der Waals surface area (Å²) in [7, 11) is 0. The molecule has 1 fully saturated rings. The molecule has 1 unspecified atom stereocenters. The topological polar surface area (TPSA) is 25.4 Å². The molecule has 1 saturated heterocycles. The van der Waals surface area contributed by atoms with E-state index in [4.69, 9.17) is 4.74 Å². The molecule has 1 aromatic rings. The van der Waals surface area contributed by atoms with Crippen molar-refractivity contribution in [3.05, 3.63) is 23.9 Å². The molecule has 0 N–H and O–H groups in total. The molecule has 18 heavy (non-hydrogen) atoms. The number of anilines is 1. The van der Waals surface area contributed by atoms with Gasteiger partial charge in [0.25, 0.3) is 0 Å². The molecule has 100 valence electrons. The maximum Gasteiger partial charge on any atom is 0.433 e. The van der Waals surface area contributed by atoms with E-state index in [9.17, 15) is 13.2 Å². The number of halogens is 4. The molecule has 1 atom stereocenters. The summed E-state index contributed by atoms with van der Waals surface area (Å²) in [4.78, 5) is 5.53. The van der Waals surface area contributed by atoms with Crippen molar-refractivity contribution in [2.75, 3.05) is 30.0 Å². The summed E-state index contributed by atoms with van der Waals surface area (Å²) >= 11 is 3.33. The predicted octanol–water partition coefficient (Wildman–Crippen LogP) is 2.70. The monoisotopic (exact) mass is 324 g/mol. The first kappa shape index (κ1) is 13.6. The second-order valence-corrected chi connectivity index (χ2v) is 4.60. The Hall–Kier alpha value is -0.820. The van der Waals surface area contributed by atoms with Gasteiger partial charge >= 0.3 is 6.18 Å². The molecule has 2 heterocycles. The third kappa shape index (κ3) is 2.95. The maximum atomic E-state index is 12.6. The van der Waals surface area contributed by atoms with Crippen LogP contribution in [-0.4, -0.2) is 36.1 Å². The van der Waals surface area contributed by atoms with Crippen LogP contribution in [0.4, 0.5) is 19.0 Å².